The number of hydrogen-bond acceptors (Lipinski definition) is 3. The van der Waals surface area contributed by atoms with Gasteiger partial charge in [-0.2, -0.15) is 5.10 Å². The predicted octanol–water partition coefficient (Wildman–Crippen LogP) is 4.41. The molecule has 0 saturated heterocycles. The lowest BCUT2D eigenvalue weighted by molar-refractivity contribution is 0.101. The molecule has 0 fully saturated rings. The molecule has 0 aliphatic heterocycles. The second-order valence-corrected chi connectivity index (χ2v) is 6.67. The van der Waals surface area contributed by atoms with Crippen LogP contribution in [-0.4, -0.2) is 15.7 Å². The average Bonchev–Trinajstić information content (AvgIpc) is 2.59. The first-order chi connectivity index (χ1) is 12.3. The van der Waals surface area contributed by atoms with Gasteiger partial charge in [-0.05, 0) is 55.8 Å². The van der Waals surface area contributed by atoms with E-state index in [1.807, 2.05) is 6.92 Å². The van der Waals surface area contributed by atoms with Crippen LogP contribution in [0.1, 0.15) is 21.7 Å². The van der Waals surface area contributed by atoms with Gasteiger partial charge in [-0.1, -0.05) is 29.3 Å². The molecular formula is C19H15Cl2N3O2. The van der Waals surface area contributed by atoms with Crippen molar-refractivity contribution in [3.8, 4) is 5.69 Å². The number of anilines is 1. The molecule has 1 N–H and O–H groups in total. The van der Waals surface area contributed by atoms with Crippen molar-refractivity contribution in [3.05, 3.63) is 85.8 Å². The van der Waals surface area contributed by atoms with E-state index < -0.39 is 11.3 Å². The smallest absolute Gasteiger partial charge is 0.280 e. The number of carbonyl (C=O) groups excluding carboxylic acids is 1. The SMILES string of the molecule is Cc1ccc(Cl)cc1NC(=O)c1nn(-c2ccc(Cl)cc2)c(C)cc1=O. The quantitative estimate of drug-likeness (QED) is 0.723. The second-order valence-electron chi connectivity index (χ2n) is 5.80. The first-order valence-electron chi connectivity index (χ1n) is 7.79. The van der Waals surface area contributed by atoms with Crippen LogP contribution in [0.4, 0.5) is 5.69 Å². The third kappa shape index (κ3) is 3.79. The molecule has 1 aromatic heterocycles. The summed E-state index contributed by atoms with van der Waals surface area (Å²) in [6, 6.07) is 13.5. The normalized spacial score (nSPS) is 10.6. The van der Waals surface area contributed by atoms with Crippen LogP contribution in [0.15, 0.2) is 53.3 Å². The molecule has 0 atom stereocenters. The van der Waals surface area contributed by atoms with Gasteiger partial charge in [0.2, 0.25) is 5.43 Å². The van der Waals surface area contributed by atoms with E-state index in [-0.39, 0.29) is 5.69 Å². The molecule has 0 aliphatic carbocycles. The van der Waals surface area contributed by atoms with E-state index in [0.29, 0.717) is 27.1 Å². The van der Waals surface area contributed by atoms with Gasteiger partial charge in [0, 0.05) is 27.5 Å². The van der Waals surface area contributed by atoms with Gasteiger partial charge in [0.15, 0.2) is 5.69 Å². The zero-order chi connectivity index (χ0) is 18.8. The first-order valence-corrected chi connectivity index (χ1v) is 8.55. The van der Waals surface area contributed by atoms with E-state index in [0.717, 1.165) is 5.56 Å². The Morgan fingerprint density at radius 1 is 1.00 bits per heavy atom. The molecule has 0 aliphatic rings. The van der Waals surface area contributed by atoms with Gasteiger partial charge >= 0.3 is 0 Å². The number of aromatic nitrogens is 2. The van der Waals surface area contributed by atoms with Crippen LogP contribution < -0.4 is 10.7 Å². The second kappa shape index (κ2) is 7.32. The number of nitrogens with one attached hydrogen (secondary N) is 1. The molecule has 0 spiro atoms. The van der Waals surface area contributed by atoms with E-state index in [4.69, 9.17) is 23.2 Å². The minimum absolute atomic E-state index is 0.204. The van der Waals surface area contributed by atoms with E-state index in [1.165, 1.54) is 10.7 Å². The molecule has 7 heteroatoms. The van der Waals surface area contributed by atoms with Crippen LogP contribution in [0, 0.1) is 13.8 Å². The third-order valence-electron chi connectivity index (χ3n) is 3.84. The maximum atomic E-state index is 12.6. The number of aryl methyl sites for hydroxylation is 2. The molecule has 3 aromatic rings. The van der Waals surface area contributed by atoms with Crippen molar-refractivity contribution in [1.82, 2.24) is 9.78 Å². The van der Waals surface area contributed by atoms with Crippen LogP contribution in [0.2, 0.25) is 10.0 Å². The maximum Gasteiger partial charge on any atom is 0.280 e. The van der Waals surface area contributed by atoms with Gasteiger partial charge in [0.25, 0.3) is 5.91 Å². The zero-order valence-electron chi connectivity index (χ0n) is 14.1. The number of amides is 1. The van der Waals surface area contributed by atoms with Crippen molar-refractivity contribution >= 4 is 34.8 Å². The van der Waals surface area contributed by atoms with Gasteiger partial charge < -0.3 is 5.32 Å². The molecule has 5 nitrogen and oxygen atoms in total. The largest absolute Gasteiger partial charge is 0.320 e. The molecule has 3 rings (SSSR count). The van der Waals surface area contributed by atoms with E-state index in [2.05, 4.69) is 10.4 Å². The minimum atomic E-state index is -0.594. The first kappa shape index (κ1) is 18.2. The summed E-state index contributed by atoms with van der Waals surface area (Å²) in [6.07, 6.45) is 0. The number of halogens is 2. The fourth-order valence-corrected chi connectivity index (χ4v) is 2.76. The van der Waals surface area contributed by atoms with E-state index in [1.54, 1.807) is 49.4 Å². The van der Waals surface area contributed by atoms with Crippen molar-refractivity contribution in [2.75, 3.05) is 5.32 Å². The Hall–Kier alpha value is -2.63. The minimum Gasteiger partial charge on any atom is -0.320 e. The van der Waals surface area contributed by atoms with Crippen molar-refractivity contribution in [1.29, 1.82) is 0 Å². The Labute approximate surface area is 160 Å². The Bertz CT molecular complexity index is 1040. The lowest BCUT2D eigenvalue weighted by atomic mass is 10.2. The molecule has 0 bridgehead atoms. The van der Waals surface area contributed by atoms with Crippen molar-refractivity contribution in [2.24, 2.45) is 0 Å². The van der Waals surface area contributed by atoms with Crippen LogP contribution in [-0.2, 0) is 0 Å². The number of nitrogens with zero attached hydrogens (tertiary/aromatic N) is 2. The molecular weight excluding hydrogens is 373 g/mol. The van der Waals surface area contributed by atoms with Gasteiger partial charge in [-0.3, -0.25) is 9.59 Å². The summed E-state index contributed by atoms with van der Waals surface area (Å²) in [5.41, 5.74) is 2.00. The number of carbonyl (C=O) groups is 1. The molecule has 0 radical (unpaired) electrons. The van der Waals surface area contributed by atoms with E-state index >= 15 is 0 Å². The molecule has 26 heavy (non-hydrogen) atoms. The highest BCUT2D eigenvalue weighted by atomic mass is 35.5. The molecule has 1 amide bonds. The lowest BCUT2D eigenvalue weighted by Gasteiger charge is -2.12. The monoisotopic (exact) mass is 387 g/mol. The fraction of sp³-hybridized carbons (Fsp3) is 0.105. The van der Waals surface area contributed by atoms with Crippen molar-refractivity contribution in [2.45, 2.75) is 13.8 Å². The molecule has 2 aromatic carbocycles. The number of hydrogen-bond donors (Lipinski definition) is 1. The summed E-state index contributed by atoms with van der Waals surface area (Å²) < 4.78 is 1.53. The third-order valence-corrected chi connectivity index (χ3v) is 4.33. The summed E-state index contributed by atoms with van der Waals surface area (Å²) in [5.74, 6) is -0.594. The molecule has 132 valence electrons. The van der Waals surface area contributed by atoms with E-state index in [9.17, 15) is 9.59 Å². The highest BCUT2D eigenvalue weighted by Gasteiger charge is 2.16. The van der Waals surface area contributed by atoms with Crippen LogP contribution in [0.25, 0.3) is 5.69 Å². The van der Waals surface area contributed by atoms with Gasteiger partial charge in [-0.15, -0.1) is 0 Å². The number of rotatable bonds is 3. The summed E-state index contributed by atoms with van der Waals surface area (Å²) in [5, 5.41) is 8.00. The highest BCUT2D eigenvalue weighted by molar-refractivity contribution is 6.31. The van der Waals surface area contributed by atoms with Crippen LogP contribution in [0.3, 0.4) is 0 Å². The Morgan fingerprint density at radius 3 is 2.35 bits per heavy atom. The average molecular weight is 388 g/mol. The topological polar surface area (TPSA) is 64.0 Å². The van der Waals surface area contributed by atoms with Crippen LogP contribution >= 0.6 is 23.2 Å². The van der Waals surface area contributed by atoms with Gasteiger partial charge in [-0.25, -0.2) is 4.68 Å². The van der Waals surface area contributed by atoms with Crippen molar-refractivity contribution < 1.29 is 4.79 Å². The van der Waals surface area contributed by atoms with Crippen LogP contribution in [0.5, 0.6) is 0 Å². The van der Waals surface area contributed by atoms with Gasteiger partial charge in [0.05, 0.1) is 5.69 Å². The standard InChI is InChI=1S/C19H15Cl2N3O2/c1-11-3-4-14(21)10-16(11)22-19(26)18-17(25)9-12(2)24(23-18)15-7-5-13(20)6-8-15/h3-10H,1-2H3,(H,22,26). The summed E-state index contributed by atoms with van der Waals surface area (Å²) in [4.78, 5) is 24.9. The Kier molecular flexibility index (Phi) is 5.11. The van der Waals surface area contributed by atoms with Crippen molar-refractivity contribution in [3.63, 3.8) is 0 Å². The predicted molar refractivity (Wildman–Crippen MR) is 104 cm³/mol. The summed E-state index contributed by atoms with van der Waals surface area (Å²) in [6.45, 7) is 3.58. The molecule has 0 saturated carbocycles. The fourth-order valence-electron chi connectivity index (χ4n) is 2.46. The maximum absolute atomic E-state index is 12.6. The zero-order valence-corrected chi connectivity index (χ0v) is 15.6. The Balaban J connectivity index is 2.00. The molecule has 1 heterocycles. The highest BCUT2D eigenvalue weighted by Crippen LogP contribution is 2.20. The summed E-state index contributed by atoms with van der Waals surface area (Å²) >= 11 is 11.9. The lowest BCUT2D eigenvalue weighted by Crippen LogP contribution is -2.27. The molecule has 0 unspecified atom stereocenters. The summed E-state index contributed by atoms with van der Waals surface area (Å²) in [7, 11) is 0. The van der Waals surface area contributed by atoms with Gasteiger partial charge in [0.1, 0.15) is 0 Å². The Morgan fingerprint density at radius 2 is 1.65 bits per heavy atom. The number of benzene rings is 2.